The summed E-state index contributed by atoms with van der Waals surface area (Å²) in [5, 5.41) is 2.17. The maximum Gasteiger partial charge on any atom is 0.324 e. The number of likely N-dealkylation sites (N-methyl/N-ethyl adjacent to an activating group) is 1. The van der Waals surface area contributed by atoms with Crippen LogP contribution in [0.15, 0.2) is 0 Å². The fourth-order valence-corrected chi connectivity index (χ4v) is 0.683. The molecule has 0 aromatic carbocycles. The fraction of sp³-hybridized carbons (Fsp3) is 0.875. The van der Waals surface area contributed by atoms with Crippen LogP contribution in [0.1, 0.15) is 13.3 Å². The molecule has 0 atom stereocenters. The van der Waals surface area contributed by atoms with E-state index < -0.39 is 18.3 Å². The summed E-state index contributed by atoms with van der Waals surface area (Å²) >= 11 is 0. The van der Waals surface area contributed by atoms with E-state index >= 15 is 0 Å². The van der Waals surface area contributed by atoms with Crippen molar-refractivity contribution in [3.8, 4) is 0 Å². The smallest absolute Gasteiger partial charge is 0.324 e. The lowest BCUT2D eigenvalue weighted by atomic mass is 10.2. The van der Waals surface area contributed by atoms with E-state index in [9.17, 15) is 13.6 Å². The minimum absolute atomic E-state index is 0.251. The highest BCUT2D eigenvalue weighted by Gasteiger charge is 2.35. The normalized spacial score (nSPS) is 11.8. The zero-order valence-corrected chi connectivity index (χ0v) is 8.23. The number of carbonyl (C=O) groups is 1. The molecule has 0 aromatic heterocycles. The number of halogens is 2. The predicted octanol–water partition coefficient (Wildman–Crippen LogP) is 0.710. The summed E-state index contributed by atoms with van der Waals surface area (Å²) in [6, 6.07) is 0. The van der Waals surface area contributed by atoms with Crippen molar-refractivity contribution in [2.75, 3.05) is 27.2 Å². The van der Waals surface area contributed by atoms with Gasteiger partial charge in [-0.2, -0.15) is 8.78 Å². The van der Waals surface area contributed by atoms with Crippen LogP contribution >= 0.6 is 0 Å². The van der Waals surface area contributed by atoms with Crippen molar-refractivity contribution in [1.82, 2.24) is 10.2 Å². The molecule has 0 heterocycles. The SMILES string of the molecule is CCC(F)(F)C(=O)NCCN(C)C. The van der Waals surface area contributed by atoms with Gasteiger partial charge in [0.15, 0.2) is 0 Å². The lowest BCUT2D eigenvalue weighted by Gasteiger charge is -2.15. The van der Waals surface area contributed by atoms with Crippen LogP contribution in [-0.4, -0.2) is 43.9 Å². The maximum absolute atomic E-state index is 12.6. The van der Waals surface area contributed by atoms with Gasteiger partial charge < -0.3 is 10.2 Å². The molecule has 0 aliphatic rings. The van der Waals surface area contributed by atoms with E-state index in [4.69, 9.17) is 0 Å². The van der Waals surface area contributed by atoms with Crippen LogP contribution in [0.4, 0.5) is 8.78 Å². The molecule has 3 nitrogen and oxygen atoms in total. The molecule has 1 N–H and O–H groups in total. The molecule has 0 bridgehead atoms. The molecular weight excluding hydrogens is 178 g/mol. The molecule has 0 aromatic rings. The molecule has 0 unspecified atom stereocenters. The molecule has 0 aliphatic carbocycles. The first-order valence-electron chi connectivity index (χ1n) is 4.21. The minimum Gasteiger partial charge on any atom is -0.350 e. The number of hydrogen-bond donors (Lipinski definition) is 1. The molecule has 0 rings (SSSR count). The van der Waals surface area contributed by atoms with Crippen molar-refractivity contribution < 1.29 is 13.6 Å². The van der Waals surface area contributed by atoms with Gasteiger partial charge in [0.2, 0.25) is 0 Å². The Labute approximate surface area is 77.1 Å². The standard InChI is InChI=1S/C8H16F2N2O/c1-4-8(9,10)7(13)11-5-6-12(2)3/h4-6H2,1-3H3,(H,11,13). The van der Waals surface area contributed by atoms with E-state index in [1.165, 1.54) is 6.92 Å². The van der Waals surface area contributed by atoms with E-state index in [2.05, 4.69) is 5.32 Å². The molecule has 0 fully saturated rings. The van der Waals surface area contributed by atoms with Crippen molar-refractivity contribution >= 4 is 5.91 Å². The molecular formula is C8H16F2N2O. The van der Waals surface area contributed by atoms with E-state index in [-0.39, 0.29) is 6.54 Å². The number of alkyl halides is 2. The highest BCUT2D eigenvalue weighted by Crippen LogP contribution is 2.16. The summed E-state index contributed by atoms with van der Waals surface area (Å²) in [6.45, 7) is 2.10. The third-order valence-corrected chi connectivity index (χ3v) is 1.62. The second kappa shape index (κ2) is 5.11. The predicted molar refractivity (Wildman–Crippen MR) is 46.8 cm³/mol. The van der Waals surface area contributed by atoms with E-state index in [1.54, 1.807) is 0 Å². The van der Waals surface area contributed by atoms with Crippen LogP contribution < -0.4 is 5.32 Å². The molecule has 5 heteroatoms. The van der Waals surface area contributed by atoms with Gasteiger partial charge in [0.1, 0.15) is 0 Å². The Morgan fingerprint density at radius 3 is 2.38 bits per heavy atom. The van der Waals surface area contributed by atoms with Gasteiger partial charge in [-0.25, -0.2) is 0 Å². The van der Waals surface area contributed by atoms with E-state index in [1.807, 2.05) is 19.0 Å². The van der Waals surface area contributed by atoms with Crippen LogP contribution in [0.5, 0.6) is 0 Å². The highest BCUT2D eigenvalue weighted by atomic mass is 19.3. The number of amides is 1. The third-order valence-electron chi connectivity index (χ3n) is 1.62. The monoisotopic (exact) mass is 194 g/mol. The van der Waals surface area contributed by atoms with Gasteiger partial charge in [0, 0.05) is 19.5 Å². The number of rotatable bonds is 5. The number of carbonyl (C=O) groups excluding carboxylic acids is 1. The summed E-state index contributed by atoms with van der Waals surface area (Å²) in [5.74, 6) is -4.41. The van der Waals surface area contributed by atoms with Gasteiger partial charge in [-0.05, 0) is 14.1 Å². The van der Waals surface area contributed by atoms with Crippen LogP contribution in [0, 0.1) is 0 Å². The van der Waals surface area contributed by atoms with Gasteiger partial charge in [-0.15, -0.1) is 0 Å². The van der Waals surface area contributed by atoms with Gasteiger partial charge in [-0.3, -0.25) is 4.79 Å². The van der Waals surface area contributed by atoms with Crippen LogP contribution in [0.2, 0.25) is 0 Å². The van der Waals surface area contributed by atoms with Crippen molar-refractivity contribution in [2.45, 2.75) is 19.3 Å². The van der Waals surface area contributed by atoms with Crippen LogP contribution in [-0.2, 0) is 4.79 Å². The summed E-state index contributed by atoms with van der Waals surface area (Å²) < 4.78 is 25.3. The Balaban J connectivity index is 3.75. The van der Waals surface area contributed by atoms with Crippen LogP contribution in [0.3, 0.4) is 0 Å². The van der Waals surface area contributed by atoms with Gasteiger partial charge >= 0.3 is 5.92 Å². The molecule has 78 valence electrons. The van der Waals surface area contributed by atoms with Gasteiger partial charge in [0.25, 0.3) is 5.91 Å². The third kappa shape index (κ3) is 4.77. The van der Waals surface area contributed by atoms with Crippen molar-refractivity contribution in [2.24, 2.45) is 0 Å². The zero-order valence-electron chi connectivity index (χ0n) is 8.23. The molecule has 0 aliphatic heterocycles. The molecule has 0 saturated heterocycles. The number of nitrogens with zero attached hydrogens (tertiary/aromatic N) is 1. The lowest BCUT2D eigenvalue weighted by Crippen LogP contribution is -2.42. The zero-order chi connectivity index (χ0) is 10.5. The Hall–Kier alpha value is -0.710. The first-order chi connectivity index (χ1) is 5.90. The summed E-state index contributed by atoms with van der Waals surface area (Å²) in [4.78, 5) is 12.6. The van der Waals surface area contributed by atoms with Gasteiger partial charge in [0.05, 0.1) is 0 Å². The van der Waals surface area contributed by atoms with Gasteiger partial charge in [-0.1, -0.05) is 6.92 Å². The van der Waals surface area contributed by atoms with E-state index in [0.717, 1.165) is 0 Å². The Morgan fingerprint density at radius 2 is 2.00 bits per heavy atom. The largest absolute Gasteiger partial charge is 0.350 e. The molecule has 0 spiro atoms. The average molecular weight is 194 g/mol. The first kappa shape index (κ1) is 12.3. The van der Waals surface area contributed by atoms with Crippen LogP contribution in [0.25, 0.3) is 0 Å². The Morgan fingerprint density at radius 1 is 1.46 bits per heavy atom. The first-order valence-corrected chi connectivity index (χ1v) is 4.21. The molecule has 13 heavy (non-hydrogen) atoms. The number of hydrogen-bond acceptors (Lipinski definition) is 2. The maximum atomic E-state index is 12.6. The number of nitrogens with one attached hydrogen (secondary N) is 1. The summed E-state index contributed by atoms with van der Waals surface area (Å²) in [6.07, 6.45) is -0.458. The Bertz CT molecular complexity index is 172. The summed E-state index contributed by atoms with van der Waals surface area (Å²) in [5.41, 5.74) is 0. The fourth-order valence-electron chi connectivity index (χ4n) is 0.683. The average Bonchev–Trinajstić information content (AvgIpc) is 2.03. The van der Waals surface area contributed by atoms with E-state index in [0.29, 0.717) is 6.54 Å². The molecule has 0 saturated carbocycles. The topological polar surface area (TPSA) is 32.3 Å². The molecule has 1 amide bonds. The quantitative estimate of drug-likeness (QED) is 0.699. The van der Waals surface area contributed by atoms with Crippen molar-refractivity contribution in [1.29, 1.82) is 0 Å². The second-order valence-electron chi connectivity index (χ2n) is 3.12. The Kier molecular flexibility index (Phi) is 4.83. The minimum atomic E-state index is -3.23. The second-order valence-corrected chi connectivity index (χ2v) is 3.12. The highest BCUT2D eigenvalue weighted by molar-refractivity contribution is 5.83. The van der Waals surface area contributed by atoms with Crippen molar-refractivity contribution in [3.63, 3.8) is 0 Å². The van der Waals surface area contributed by atoms with Crippen molar-refractivity contribution in [3.05, 3.63) is 0 Å². The summed E-state index contributed by atoms with van der Waals surface area (Å²) in [7, 11) is 3.62. The molecule has 0 radical (unpaired) electrons. The lowest BCUT2D eigenvalue weighted by molar-refractivity contribution is -0.145.